The van der Waals surface area contributed by atoms with E-state index in [0.29, 0.717) is 6.04 Å². The molecule has 0 radical (unpaired) electrons. The van der Waals surface area contributed by atoms with E-state index in [1.54, 1.807) is 14.2 Å². The lowest BCUT2D eigenvalue weighted by Crippen LogP contribution is -2.27. The number of aryl methyl sites for hydroxylation is 2. The molecule has 0 amide bonds. The number of nitrogens with one attached hydrogen (secondary N) is 2. The van der Waals surface area contributed by atoms with Crippen molar-refractivity contribution >= 4 is 23.3 Å². The van der Waals surface area contributed by atoms with E-state index in [2.05, 4.69) is 47.6 Å². The molecule has 2 aromatic carbocycles. The van der Waals surface area contributed by atoms with Gasteiger partial charge in [-0.15, -0.1) is 12.4 Å². The number of ether oxygens (including phenoxy) is 2. The van der Waals surface area contributed by atoms with Crippen molar-refractivity contribution in [2.24, 2.45) is 0 Å². The molecule has 0 saturated carbocycles. The number of hydrogen-bond donors (Lipinski definition) is 2. The summed E-state index contributed by atoms with van der Waals surface area (Å²) in [7, 11) is 3.35. The molecule has 3 aromatic rings. The van der Waals surface area contributed by atoms with Crippen LogP contribution in [0.25, 0.3) is 10.9 Å². The Hall–Kier alpha value is -2.17. The summed E-state index contributed by atoms with van der Waals surface area (Å²) in [5.41, 5.74) is 6.73. The molecule has 28 heavy (non-hydrogen) atoms. The number of hydrogen-bond acceptors (Lipinski definition) is 3. The van der Waals surface area contributed by atoms with Crippen molar-refractivity contribution in [3.8, 4) is 11.5 Å². The zero-order valence-corrected chi connectivity index (χ0v) is 17.6. The van der Waals surface area contributed by atoms with E-state index in [4.69, 9.17) is 9.47 Å². The number of fused-ring (bicyclic) bond motifs is 3. The van der Waals surface area contributed by atoms with Crippen molar-refractivity contribution in [1.29, 1.82) is 0 Å². The lowest BCUT2D eigenvalue weighted by molar-refractivity contribution is 0.354. The third-order valence-electron chi connectivity index (χ3n) is 5.62. The van der Waals surface area contributed by atoms with Crippen molar-refractivity contribution in [3.63, 3.8) is 0 Å². The lowest BCUT2D eigenvalue weighted by atomic mass is 9.91. The number of methoxy groups -OCH3 is 2. The molecule has 1 unspecified atom stereocenters. The topological polar surface area (TPSA) is 46.3 Å². The summed E-state index contributed by atoms with van der Waals surface area (Å²) in [6.07, 6.45) is 4.56. The van der Waals surface area contributed by atoms with Gasteiger partial charge in [0.1, 0.15) is 0 Å². The van der Waals surface area contributed by atoms with Crippen LogP contribution in [-0.2, 0) is 12.8 Å². The Morgan fingerprint density at radius 1 is 1.07 bits per heavy atom. The molecule has 1 aromatic heterocycles. The molecule has 1 aliphatic carbocycles. The van der Waals surface area contributed by atoms with Gasteiger partial charge in [0.05, 0.1) is 14.2 Å². The summed E-state index contributed by atoms with van der Waals surface area (Å²) in [5, 5.41) is 5.16. The third kappa shape index (κ3) is 3.98. The van der Waals surface area contributed by atoms with Crippen LogP contribution in [0.15, 0.2) is 36.4 Å². The Bertz CT molecular complexity index is 951. The van der Waals surface area contributed by atoms with E-state index in [-0.39, 0.29) is 12.4 Å². The molecule has 4 nitrogen and oxygen atoms in total. The highest BCUT2D eigenvalue weighted by Crippen LogP contribution is 2.35. The second-order valence-corrected chi connectivity index (χ2v) is 7.40. The predicted octanol–water partition coefficient (Wildman–Crippen LogP) is 5.13. The predicted molar refractivity (Wildman–Crippen MR) is 117 cm³/mol. The summed E-state index contributed by atoms with van der Waals surface area (Å²) in [6.45, 7) is 3.11. The van der Waals surface area contributed by atoms with E-state index in [0.717, 1.165) is 24.5 Å². The normalized spacial score (nSPS) is 15.8. The largest absolute Gasteiger partial charge is 0.493 e. The van der Waals surface area contributed by atoms with Crippen LogP contribution in [0.2, 0.25) is 0 Å². The van der Waals surface area contributed by atoms with Crippen LogP contribution in [0, 0.1) is 6.92 Å². The van der Waals surface area contributed by atoms with Gasteiger partial charge in [-0.2, -0.15) is 0 Å². The molecule has 0 saturated heterocycles. The molecule has 4 rings (SSSR count). The first-order chi connectivity index (χ1) is 13.2. The number of benzene rings is 2. The Morgan fingerprint density at radius 2 is 1.89 bits per heavy atom. The molecule has 1 atom stereocenters. The van der Waals surface area contributed by atoms with Gasteiger partial charge in [-0.1, -0.05) is 17.7 Å². The Labute approximate surface area is 173 Å². The summed E-state index contributed by atoms with van der Waals surface area (Å²) in [6, 6.07) is 13.3. The van der Waals surface area contributed by atoms with E-state index in [1.165, 1.54) is 52.5 Å². The molecule has 2 N–H and O–H groups in total. The summed E-state index contributed by atoms with van der Waals surface area (Å²) < 4.78 is 10.7. The molecule has 150 valence electrons. The molecular weight excluding hydrogens is 372 g/mol. The van der Waals surface area contributed by atoms with Gasteiger partial charge in [0.15, 0.2) is 11.5 Å². The molecule has 0 fully saturated rings. The number of H-pyrrole nitrogens is 1. The highest BCUT2D eigenvalue weighted by atomic mass is 35.5. The van der Waals surface area contributed by atoms with E-state index in [1.807, 2.05) is 6.07 Å². The van der Waals surface area contributed by atoms with Gasteiger partial charge >= 0.3 is 0 Å². The second kappa shape index (κ2) is 8.89. The van der Waals surface area contributed by atoms with E-state index in [9.17, 15) is 0 Å². The molecule has 5 heteroatoms. The van der Waals surface area contributed by atoms with Crippen LogP contribution in [-0.4, -0.2) is 25.7 Å². The van der Waals surface area contributed by atoms with Gasteiger partial charge in [0.25, 0.3) is 0 Å². The Morgan fingerprint density at radius 3 is 2.68 bits per heavy atom. The molecule has 0 aliphatic heterocycles. The number of halogens is 1. The van der Waals surface area contributed by atoms with Crippen molar-refractivity contribution in [2.45, 2.75) is 38.6 Å². The van der Waals surface area contributed by atoms with Crippen LogP contribution in [0.1, 0.15) is 41.3 Å². The second-order valence-electron chi connectivity index (χ2n) is 7.40. The minimum atomic E-state index is 0. The number of aromatic amines is 1. The van der Waals surface area contributed by atoms with Crippen LogP contribution in [0.5, 0.6) is 11.5 Å². The molecular formula is C23H29ClN2O2. The summed E-state index contributed by atoms with van der Waals surface area (Å²) in [5.74, 6) is 1.57. The fraction of sp³-hybridized carbons (Fsp3) is 0.391. The quantitative estimate of drug-likeness (QED) is 0.603. The van der Waals surface area contributed by atoms with Crippen molar-refractivity contribution < 1.29 is 9.47 Å². The lowest BCUT2D eigenvalue weighted by Gasteiger charge is -2.24. The van der Waals surface area contributed by atoms with Gasteiger partial charge in [-0.25, -0.2) is 0 Å². The maximum atomic E-state index is 5.41. The first kappa shape index (κ1) is 20.6. The first-order valence-corrected chi connectivity index (χ1v) is 9.75. The smallest absolute Gasteiger partial charge is 0.160 e. The van der Waals surface area contributed by atoms with E-state index < -0.39 is 0 Å². The highest BCUT2D eigenvalue weighted by Gasteiger charge is 2.23. The van der Waals surface area contributed by atoms with Crippen molar-refractivity contribution in [1.82, 2.24) is 10.3 Å². The van der Waals surface area contributed by atoms with Crippen LogP contribution in [0.4, 0.5) is 0 Å². The van der Waals surface area contributed by atoms with Gasteiger partial charge < -0.3 is 19.8 Å². The van der Waals surface area contributed by atoms with Crippen LogP contribution in [0.3, 0.4) is 0 Å². The first-order valence-electron chi connectivity index (χ1n) is 9.75. The standard InChI is InChI=1S/C23H28N2O2.ClH/c1-15-7-9-19-18(13-15)17-5-4-6-20(23(17)25-19)24-12-11-16-8-10-21(26-2)22(14-16)27-3;/h7-10,13-14,20,24-25H,4-6,11-12H2,1-3H3;1H. The number of aromatic nitrogens is 1. The van der Waals surface area contributed by atoms with Crippen molar-refractivity contribution in [3.05, 3.63) is 58.8 Å². The molecule has 0 spiro atoms. The maximum Gasteiger partial charge on any atom is 0.160 e. The minimum Gasteiger partial charge on any atom is -0.493 e. The average molecular weight is 401 g/mol. The van der Waals surface area contributed by atoms with Gasteiger partial charge in [-0.3, -0.25) is 0 Å². The Kier molecular flexibility index (Phi) is 6.53. The van der Waals surface area contributed by atoms with Gasteiger partial charge in [0.2, 0.25) is 0 Å². The zero-order chi connectivity index (χ0) is 18.8. The SMILES string of the molecule is COc1ccc(CCNC2CCCc3c2[nH]c2ccc(C)cc32)cc1OC.Cl. The van der Waals surface area contributed by atoms with Crippen molar-refractivity contribution in [2.75, 3.05) is 20.8 Å². The van der Waals surface area contributed by atoms with Gasteiger partial charge in [-0.05, 0) is 74.5 Å². The summed E-state index contributed by atoms with van der Waals surface area (Å²) in [4.78, 5) is 3.68. The fourth-order valence-corrected chi connectivity index (χ4v) is 4.21. The molecule has 0 bridgehead atoms. The molecule has 1 heterocycles. The monoisotopic (exact) mass is 400 g/mol. The maximum absolute atomic E-state index is 5.41. The van der Waals surface area contributed by atoms with Crippen LogP contribution < -0.4 is 14.8 Å². The minimum absolute atomic E-state index is 0. The average Bonchev–Trinajstić information content (AvgIpc) is 3.06. The fourth-order valence-electron chi connectivity index (χ4n) is 4.21. The highest BCUT2D eigenvalue weighted by molar-refractivity contribution is 5.86. The van der Waals surface area contributed by atoms with Gasteiger partial charge in [0, 0.05) is 22.6 Å². The Balaban J connectivity index is 0.00000225. The summed E-state index contributed by atoms with van der Waals surface area (Å²) >= 11 is 0. The van der Waals surface area contributed by atoms with E-state index >= 15 is 0 Å². The third-order valence-corrected chi connectivity index (χ3v) is 5.62. The molecule has 1 aliphatic rings. The zero-order valence-electron chi connectivity index (χ0n) is 16.8. The number of rotatable bonds is 6. The van der Waals surface area contributed by atoms with Crippen LogP contribution >= 0.6 is 12.4 Å².